The van der Waals surface area contributed by atoms with E-state index >= 15 is 0 Å². The molecule has 3 rings (SSSR count). The molecule has 4 heteroatoms. The highest BCUT2D eigenvalue weighted by Gasteiger charge is 2.19. The van der Waals surface area contributed by atoms with Gasteiger partial charge in [0.15, 0.2) is 11.5 Å². The molecule has 1 aliphatic heterocycles. The minimum Gasteiger partial charge on any atom is -0.491 e. The fourth-order valence-corrected chi connectivity index (χ4v) is 2.51. The summed E-state index contributed by atoms with van der Waals surface area (Å²) in [5.41, 5.74) is 9.74. The molecule has 0 spiro atoms. The van der Waals surface area contributed by atoms with Gasteiger partial charge in [0.2, 0.25) is 0 Å². The summed E-state index contributed by atoms with van der Waals surface area (Å²) in [5.74, 6) is 0.377. The lowest BCUT2D eigenvalue weighted by Crippen LogP contribution is -2.08. The van der Waals surface area contributed by atoms with E-state index in [1.807, 2.05) is 25.1 Å². The van der Waals surface area contributed by atoms with Crippen LogP contribution < -0.4 is 10.5 Å². The molecular weight excluding hydrogens is 266 g/mol. The molecule has 0 fully saturated rings. The maximum Gasteiger partial charge on any atom is 0.196 e. The number of fused-ring (bicyclic) bond motifs is 1. The number of anilines is 1. The number of ether oxygens (including phenoxy) is 2. The van der Waals surface area contributed by atoms with Gasteiger partial charge in [-0.25, -0.2) is 0 Å². The van der Waals surface area contributed by atoms with Crippen LogP contribution >= 0.6 is 0 Å². The lowest BCUT2D eigenvalue weighted by Gasteiger charge is -2.12. The summed E-state index contributed by atoms with van der Waals surface area (Å²) in [6.45, 7) is 3.51. The third-order valence-electron chi connectivity index (χ3n) is 3.56. The second-order valence-corrected chi connectivity index (χ2v) is 4.96. The molecule has 1 heterocycles. The van der Waals surface area contributed by atoms with Gasteiger partial charge in [-0.05, 0) is 36.2 Å². The van der Waals surface area contributed by atoms with Crippen molar-refractivity contribution in [1.82, 2.24) is 0 Å². The largest absolute Gasteiger partial charge is 0.491 e. The molecule has 0 saturated carbocycles. The van der Waals surface area contributed by atoms with Crippen molar-refractivity contribution in [3.63, 3.8) is 0 Å². The van der Waals surface area contributed by atoms with Gasteiger partial charge >= 0.3 is 0 Å². The van der Waals surface area contributed by atoms with Gasteiger partial charge in [0, 0.05) is 5.56 Å². The summed E-state index contributed by atoms with van der Waals surface area (Å²) < 4.78 is 10.9. The van der Waals surface area contributed by atoms with E-state index in [1.54, 1.807) is 18.2 Å². The van der Waals surface area contributed by atoms with E-state index in [2.05, 4.69) is 0 Å². The molecule has 108 valence electrons. The first-order chi connectivity index (χ1) is 10.2. The molecule has 0 aromatic heterocycles. The summed E-state index contributed by atoms with van der Waals surface area (Å²) >= 11 is 0. The second kappa shape index (κ2) is 5.58. The van der Waals surface area contributed by atoms with Crippen molar-refractivity contribution < 1.29 is 14.3 Å². The normalized spacial score (nSPS) is 13.0. The topological polar surface area (TPSA) is 61.5 Å². The van der Waals surface area contributed by atoms with Gasteiger partial charge in [0.05, 0.1) is 31.1 Å². The fraction of sp³-hybridized carbons (Fsp3) is 0.235. The van der Waals surface area contributed by atoms with Gasteiger partial charge in [-0.3, -0.25) is 4.79 Å². The average molecular weight is 283 g/mol. The number of rotatable bonds is 4. The Hall–Kier alpha value is -2.33. The standard InChI is InChI=1S/C17H17NO3/c1-2-21-17-14(4-3-5-15(17)18)16(19)11-6-7-12-9-20-10-13(12)8-11/h3-8H,2,9-10,18H2,1H3. The maximum absolute atomic E-state index is 12.7. The van der Waals surface area contributed by atoms with E-state index in [9.17, 15) is 4.79 Å². The van der Waals surface area contributed by atoms with E-state index < -0.39 is 0 Å². The van der Waals surface area contributed by atoms with Crippen molar-refractivity contribution in [3.05, 3.63) is 58.7 Å². The SMILES string of the molecule is CCOc1c(N)cccc1C(=O)c1ccc2c(c1)COC2. The molecule has 0 atom stereocenters. The Morgan fingerprint density at radius 2 is 2.05 bits per heavy atom. The zero-order chi connectivity index (χ0) is 14.8. The van der Waals surface area contributed by atoms with Crippen molar-refractivity contribution in [2.75, 3.05) is 12.3 Å². The van der Waals surface area contributed by atoms with E-state index in [0.717, 1.165) is 11.1 Å². The van der Waals surface area contributed by atoms with Gasteiger partial charge < -0.3 is 15.2 Å². The highest BCUT2D eigenvalue weighted by molar-refractivity contribution is 6.11. The monoisotopic (exact) mass is 283 g/mol. The summed E-state index contributed by atoms with van der Waals surface area (Å²) in [7, 11) is 0. The molecule has 2 N–H and O–H groups in total. The van der Waals surface area contributed by atoms with Crippen LogP contribution in [0.2, 0.25) is 0 Å². The van der Waals surface area contributed by atoms with Gasteiger partial charge in [0.1, 0.15) is 0 Å². The lowest BCUT2D eigenvalue weighted by molar-refractivity contribution is 0.103. The van der Waals surface area contributed by atoms with Crippen LogP contribution in [0.1, 0.15) is 34.0 Å². The third kappa shape index (κ3) is 2.50. The number of carbonyl (C=O) groups excluding carboxylic acids is 1. The van der Waals surface area contributed by atoms with Crippen LogP contribution in [0.15, 0.2) is 36.4 Å². The molecule has 0 radical (unpaired) electrons. The van der Waals surface area contributed by atoms with Crippen molar-refractivity contribution in [1.29, 1.82) is 0 Å². The highest BCUT2D eigenvalue weighted by Crippen LogP contribution is 2.29. The molecule has 0 amide bonds. The number of hydrogen-bond acceptors (Lipinski definition) is 4. The van der Waals surface area contributed by atoms with Crippen LogP contribution in [-0.2, 0) is 18.0 Å². The zero-order valence-corrected chi connectivity index (χ0v) is 11.9. The maximum atomic E-state index is 12.7. The van der Waals surface area contributed by atoms with Crippen LogP contribution in [0.5, 0.6) is 5.75 Å². The molecule has 2 aromatic rings. The molecular formula is C17H17NO3. The smallest absolute Gasteiger partial charge is 0.196 e. The number of nitrogen functional groups attached to an aromatic ring is 1. The van der Waals surface area contributed by atoms with E-state index in [1.165, 1.54) is 0 Å². The number of carbonyl (C=O) groups is 1. The minimum absolute atomic E-state index is 0.0829. The predicted molar refractivity (Wildman–Crippen MR) is 80.4 cm³/mol. The van der Waals surface area contributed by atoms with Gasteiger partial charge in [-0.15, -0.1) is 0 Å². The number of nitrogens with two attached hydrogens (primary N) is 1. The Balaban J connectivity index is 2.01. The number of para-hydroxylation sites is 1. The number of benzene rings is 2. The third-order valence-corrected chi connectivity index (χ3v) is 3.56. The first kappa shape index (κ1) is 13.6. The first-order valence-electron chi connectivity index (χ1n) is 6.96. The summed E-state index contributed by atoms with van der Waals surface area (Å²) in [6.07, 6.45) is 0. The van der Waals surface area contributed by atoms with Crippen LogP contribution in [0.25, 0.3) is 0 Å². The molecule has 4 nitrogen and oxygen atoms in total. The molecule has 0 saturated heterocycles. The zero-order valence-electron chi connectivity index (χ0n) is 11.9. The molecule has 0 unspecified atom stereocenters. The van der Waals surface area contributed by atoms with E-state index in [0.29, 0.717) is 42.4 Å². The van der Waals surface area contributed by atoms with E-state index in [4.69, 9.17) is 15.2 Å². The van der Waals surface area contributed by atoms with Crippen LogP contribution in [-0.4, -0.2) is 12.4 Å². The highest BCUT2D eigenvalue weighted by atomic mass is 16.5. The van der Waals surface area contributed by atoms with Crippen LogP contribution in [0.4, 0.5) is 5.69 Å². The predicted octanol–water partition coefficient (Wildman–Crippen LogP) is 2.93. The number of hydrogen-bond donors (Lipinski definition) is 1. The summed E-state index contributed by atoms with van der Waals surface area (Å²) in [5, 5.41) is 0. The van der Waals surface area contributed by atoms with Gasteiger partial charge in [0.25, 0.3) is 0 Å². The molecule has 0 aliphatic carbocycles. The summed E-state index contributed by atoms with van der Waals surface area (Å²) in [4.78, 5) is 12.7. The molecule has 0 bridgehead atoms. The Labute approximate surface area is 123 Å². The second-order valence-electron chi connectivity index (χ2n) is 4.96. The lowest BCUT2D eigenvalue weighted by atomic mass is 9.98. The number of ketones is 1. The fourth-order valence-electron chi connectivity index (χ4n) is 2.51. The van der Waals surface area contributed by atoms with Gasteiger partial charge in [-0.1, -0.05) is 18.2 Å². The molecule has 2 aromatic carbocycles. The Bertz CT molecular complexity index is 694. The quantitative estimate of drug-likeness (QED) is 0.692. The van der Waals surface area contributed by atoms with E-state index in [-0.39, 0.29) is 5.78 Å². The first-order valence-corrected chi connectivity index (χ1v) is 6.96. The van der Waals surface area contributed by atoms with Crippen molar-refractivity contribution in [3.8, 4) is 5.75 Å². The minimum atomic E-state index is -0.0829. The van der Waals surface area contributed by atoms with Crippen molar-refractivity contribution >= 4 is 11.5 Å². The van der Waals surface area contributed by atoms with Crippen molar-refractivity contribution in [2.45, 2.75) is 20.1 Å². The molecule has 21 heavy (non-hydrogen) atoms. The van der Waals surface area contributed by atoms with Crippen LogP contribution in [0.3, 0.4) is 0 Å². The van der Waals surface area contributed by atoms with Crippen molar-refractivity contribution in [2.24, 2.45) is 0 Å². The summed E-state index contributed by atoms with van der Waals surface area (Å²) in [6, 6.07) is 10.9. The Morgan fingerprint density at radius 3 is 2.86 bits per heavy atom. The Morgan fingerprint density at radius 1 is 1.24 bits per heavy atom. The molecule has 1 aliphatic rings. The van der Waals surface area contributed by atoms with Crippen LogP contribution in [0, 0.1) is 0 Å². The van der Waals surface area contributed by atoms with Gasteiger partial charge in [-0.2, -0.15) is 0 Å². The average Bonchev–Trinajstić information content (AvgIpc) is 2.96. The Kier molecular flexibility index (Phi) is 3.62.